The number of para-hydroxylation sites is 1. The molecule has 6 nitrogen and oxygen atoms in total. The molecule has 1 atom stereocenters. The summed E-state index contributed by atoms with van der Waals surface area (Å²) in [6.45, 7) is 1.08. The van der Waals surface area contributed by atoms with Crippen LogP contribution in [0.2, 0.25) is 0 Å². The summed E-state index contributed by atoms with van der Waals surface area (Å²) in [5.41, 5.74) is 0.765. The third-order valence-corrected chi connectivity index (χ3v) is 7.14. The first kappa shape index (κ1) is 18.4. The molecule has 144 valence electrons. The lowest BCUT2D eigenvalue weighted by molar-refractivity contribution is -0.135. The molecule has 27 heavy (non-hydrogen) atoms. The third kappa shape index (κ3) is 3.99. The smallest absolute Gasteiger partial charge is 0.242 e. The molecule has 1 saturated heterocycles. The summed E-state index contributed by atoms with van der Waals surface area (Å²) < 4.78 is 28.3. The number of benzene rings is 1. The summed E-state index contributed by atoms with van der Waals surface area (Å²) in [5, 5.41) is 0.792. The van der Waals surface area contributed by atoms with Gasteiger partial charge in [-0.25, -0.2) is 13.1 Å². The van der Waals surface area contributed by atoms with Crippen LogP contribution in [-0.2, 0) is 14.8 Å². The van der Waals surface area contributed by atoms with Gasteiger partial charge in [-0.15, -0.1) is 0 Å². The van der Waals surface area contributed by atoms with Gasteiger partial charge >= 0.3 is 0 Å². The Morgan fingerprint density at radius 3 is 2.70 bits per heavy atom. The number of nitrogens with zero attached hydrogens (tertiary/aromatic N) is 2. The van der Waals surface area contributed by atoms with Gasteiger partial charge in [0.2, 0.25) is 15.9 Å². The highest BCUT2D eigenvalue weighted by Crippen LogP contribution is 2.27. The molecular weight excluding hydrogens is 362 g/mol. The number of carbonyl (C=O) groups excluding carboxylic acids is 1. The molecule has 0 spiro atoms. The Hall–Kier alpha value is -1.99. The molecule has 1 aliphatic heterocycles. The predicted molar refractivity (Wildman–Crippen MR) is 104 cm³/mol. The Kier molecular flexibility index (Phi) is 5.14. The number of sulfonamides is 1. The van der Waals surface area contributed by atoms with Crippen LogP contribution in [0.25, 0.3) is 10.9 Å². The van der Waals surface area contributed by atoms with Crippen LogP contribution >= 0.6 is 0 Å². The van der Waals surface area contributed by atoms with Crippen molar-refractivity contribution in [3.05, 3.63) is 36.5 Å². The van der Waals surface area contributed by atoms with Crippen molar-refractivity contribution < 1.29 is 13.2 Å². The number of rotatable bonds is 4. The topological polar surface area (TPSA) is 79.4 Å². The van der Waals surface area contributed by atoms with Crippen molar-refractivity contribution in [3.63, 3.8) is 0 Å². The van der Waals surface area contributed by atoms with E-state index in [1.807, 2.05) is 29.2 Å². The fraction of sp³-hybridized carbons (Fsp3) is 0.500. The van der Waals surface area contributed by atoms with E-state index >= 15 is 0 Å². The van der Waals surface area contributed by atoms with E-state index in [-0.39, 0.29) is 22.8 Å². The summed E-state index contributed by atoms with van der Waals surface area (Å²) >= 11 is 0. The highest BCUT2D eigenvalue weighted by Gasteiger charge is 2.33. The molecule has 0 unspecified atom stereocenters. The summed E-state index contributed by atoms with van der Waals surface area (Å²) in [6.07, 6.45) is 7.43. The highest BCUT2D eigenvalue weighted by atomic mass is 32.2. The first-order valence-corrected chi connectivity index (χ1v) is 11.2. The van der Waals surface area contributed by atoms with E-state index in [0.29, 0.717) is 19.5 Å². The number of pyridine rings is 1. The summed E-state index contributed by atoms with van der Waals surface area (Å²) in [6, 6.07) is 8.84. The van der Waals surface area contributed by atoms with Crippen molar-refractivity contribution in [3.8, 4) is 0 Å². The maximum atomic E-state index is 12.8. The maximum Gasteiger partial charge on any atom is 0.242 e. The number of fused-ring (bicyclic) bond motifs is 1. The molecule has 1 saturated carbocycles. The summed E-state index contributed by atoms with van der Waals surface area (Å²) in [5.74, 6) is 0.322. The Balaban J connectivity index is 1.42. The fourth-order valence-electron chi connectivity index (χ4n) is 4.15. The van der Waals surface area contributed by atoms with Crippen LogP contribution in [0.15, 0.2) is 41.4 Å². The quantitative estimate of drug-likeness (QED) is 0.875. The number of hydrogen-bond acceptors (Lipinski definition) is 4. The SMILES string of the molecule is O=C(C1CCCCC1)N1CC[C@H](NS(=O)(=O)c2cnc3ccccc3c2)C1. The Morgan fingerprint density at radius 2 is 1.89 bits per heavy atom. The minimum absolute atomic E-state index is 0.124. The van der Waals surface area contributed by atoms with E-state index in [1.54, 1.807) is 6.07 Å². The minimum atomic E-state index is -3.66. The van der Waals surface area contributed by atoms with Gasteiger partial charge in [0.25, 0.3) is 0 Å². The van der Waals surface area contributed by atoms with Crippen molar-refractivity contribution in [1.82, 2.24) is 14.6 Å². The van der Waals surface area contributed by atoms with Crippen LogP contribution in [0.4, 0.5) is 0 Å². The molecule has 1 amide bonds. The average Bonchev–Trinajstić information content (AvgIpc) is 3.15. The van der Waals surface area contributed by atoms with Crippen LogP contribution in [0.5, 0.6) is 0 Å². The molecule has 1 N–H and O–H groups in total. The largest absolute Gasteiger partial charge is 0.341 e. The number of carbonyl (C=O) groups is 1. The fourth-order valence-corrected chi connectivity index (χ4v) is 5.39. The van der Waals surface area contributed by atoms with Gasteiger partial charge in [0.15, 0.2) is 0 Å². The second-order valence-electron chi connectivity index (χ2n) is 7.59. The molecular formula is C20H25N3O3S. The average molecular weight is 388 g/mol. The van der Waals surface area contributed by atoms with Crippen molar-refractivity contribution in [2.45, 2.75) is 49.5 Å². The van der Waals surface area contributed by atoms with Gasteiger partial charge in [-0.05, 0) is 31.4 Å². The van der Waals surface area contributed by atoms with E-state index in [2.05, 4.69) is 9.71 Å². The number of hydrogen-bond donors (Lipinski definition) is 1. The lowest BCUT2D eigenvalue weighted by Crippen LogP contribution is -2.40. The molecule has 1 aromatic carbocycles. The van der Waals surface area contributed by atoms with Gasteiger partial charge < -0.3 is 4.90 Å². The molecule has 4 rings (SSSR count). The standard InChI is InChI=1S/C20H25N3O3S/c24-20(15-6-2-1-3-7-15)23-11-10-17(14-23)22-27(25,26)18-12-16-8-4-5-9-19(16)21-13-18/h4-5,8-9,12-13,15,17,22H,1-3,6-7,10-11,14H2/t17-/m0/s1. The minimum Gasteiger partial charge on any atom is -0.341 e. The number of aromatic nitrogens is 1. The van der Waals surface area contributed by atoms with Gasteiger partial charge in [0.05, 0.1) is 5.52 Å². The molecule has 2 fully saturated rings. The lowest BCUT2D eigenvalue weighted by atomic mass is 9.88. The van der Waals surface area contributed by atoms with E-state index in [1.165, 1.54) is 12.6 Å². The van der Waals surface area contributed by atoms with E-state index in [9.17, 15) is 13.2 Å². The van der Waals surface area contributed by atoms with E-state index in [0.717, 1.165) is 36.6 Å². The van der Waals surface area contributed by atoms with Crippen molar-refractivity contribution in [1.29, 1.82) is 0 Å². The van der Waals surface area contributed by atoms with Crippen LogP contribution in [-0.4, -0.2) is 43.3 Å². The van der Waals surface area contributed by atoms with Crippen LogP contribution < -0.4 is 4.72 Å². The first-order chi connectivity index (χ1) is 13.0. The third-order valence-electron chi connectivity index (χ3n) is 5.65. The highest BCUT2D eigenvalue weighted by molar-refractivity contribution is 7.89. The van der Waals surface area contributed by atoms with Gasteiger partial charge in [-0.1, -0.05) is 37.5 Å². The van der Waals surface area contributed by atoms with Crippen molar-refractivity contribution >= 4 is 26.8 Å². The second kappa shape index (κ2) is 7.56. The number of amides is 1. The molecule has 2 heterocycles. The predicted octanol–water partition coefficient (Wildman–Crippen LogP) is 2.69. The van der Waals surface area contributed by atoms with Crippen molar-refractivity contribution in [2.24, 2.45) is 5.92 Å². The van der Waals surface area contributed by atoms with Crippen LogP contribution in [0.3, 0.4) is 0 Å². The molecule has 2 aliphatic rings. The normalized spacial score (nSPS) is 21.6. The van der Waals surface area contributed by atoms with E-state index < -0.39 is 10.0 Å². The Bertz CT molecular complexity index is 938. The van der Waals surface area contributed by atoms with Crippen molar-refractivity contribution in [2.75, 3.05) is 13.1 Å². The second-order valence-corrected chi connectivity index (χ2v) is 9.30. The Morgan fingerprint density at radius 1 is 1.11 bits per heavy atom. The van der Waals surface area contributed by atoms with Crippen LogP contribution in [0.1, 0.15) is 38.5 Å². The molecule has 7 heteroatoms. The lowest BCUT2D eigenvalue weighted by Gasteiger charge is -2.26. The monoisotopic (exact) mass is 387 g/mol. The molecule has 1 aromatic heterocycles. The van der Waals surface area contributed by atoms with E-state index in [4.69, 9.17) is 0 Å². The summed E-state index contributed by atoms with van der Waals surface area (Å²) in [4.78, 5) is 18.9. The number of nitrogens with one attached hydrogen (secondary N) is 1. The zero-order chi connectivity index (χ0) is 18.9. The maximum absolute atomic E-state index is 12.8. The first-order valence-electron chi connectivity index (χ1n) is 9.69. The van der Waals surface area contributed by atoms with Gasteiger partial charge in [-0.2, -0.15) is 0 Å². The molecule has 2 aromatic rings. The molecule has 1 aliphatic carbocycles. The molecule has 0 radical (unpaired) electrons. The Labute approximate surface area is 160 Å². The molecule has 0 bridgehead atoms. The van der Waals surface area contributed by atoms with Gasteiger partial charge in [0.1, 0.15) is 4.90 Å². The number of likely N-dealkylation sites (tertiary alicyclic amines) is 1. The zero-order valence-corrected chi connectivity index (χ0v) is 16.1. The van der Waals surface area contributed by atoms with Crippen LogP contribution in [0, 0.1) is 5.92 Å². The zero-order valence-electron chi connectivity index (χ0n) is 15.3. The van der Waals surface area contributed by atoms with Gasteiger partial charge in [-0.3, -0.25) is 9.78 Å². The van der Waals surface area contributed by atoms with Gasteiger partial charge in [0, 0.05) is 36.6 Å². The summed E-state index contributed by atoms with van der Waals surface area (Å²) in [7, 11) is -3.66.